The van der Waals surface area contributed by atoms with Gasteiger partial charge in [-0.3, -0.25) is 13.9 Å². The van der Waals surface area contributed by atoms with Crippen molar-refractivity contribution in [3.63, 3.8) is 0 Å². The van der Waals surface area contributed by atoms with Gasteiger partial charge >= 0.3 is 0 Å². The molecule has 1 saturated carbocycles. The van der Waals surface area contributed by atoms with Gasteiger partial charge in [-0.1, -0.05) is 71.9 Å². The molecule has 0 spiro atoms. The summed E-state index contributed by atoms with van der Waals surface area (Å²) in [4.78, 5) is 28.6. The van der Waals surface area contributed by atoms with E-state index in [9.17, 15) is 18.0 Å². The third-order valence-corrected chi connectivity index (χ3v) is 9.59. The minimum atomic E-state index is -4.22. The Balaban J connectivity index is 1.69. The Morgan fingerprint density at radius 3 is 2.25 bits per heavy atom. The molecule has 0 bridgehead atoms. The molecule has 3 aromatic rings. The van der Waals surface area contributed by atoms with Crippen LogP contribution in [0.4, 0.5) is 5.69 Å². The number of nitrogens with one attached hydrogen (secondary N) is 1. The van der Waals surface area contributed by atoms with Crippen molar-refractivity contribution in [3.8, 4) is 0 Å². The van der Waals surface area contributed by atoms with Gasteiger partial charge in [-0.2, -0.15) is 0 Å². The van der Waals surface area contributed by atoms with Crippen LogP contribution in [0.5, 0.6) is 0 Å². The van der Waals surface area contributed by atoms with Crippen LogP contribution in [-0.4, -0.2) is 43.8 Å². The number of hydrogen-bond donors (Lipinski definition) is 1. The summed E-state index contributed by atoms with van der Waals surface area (Å²) in [5.41, 5.74) is 0.837. The van der Waals surface area contributed by atoms with Crippen LogP contribution in [0.1, 0.15) is 38.2 Å². The van der Waals surface area contributed by atoms with Gasteiger partial charge in [0.15, 0.2) is 0 Å². The van der Waals surface area contributed by atoms with Crippen LogP contribution >= 0.6 is 34.8 Å². The predicted molar refractivity (Wildman–Crippen MR) is 159 cm³/mol. The number of carbonyl (C=O) groups is 2. The first-order valence-electron chi connectivity index (χ1n) is 12.9. The zero-order valence-corrected chi connectivity index (χ0v) is 25.0. The lowest BCUT2D eigenvalue weighted by molar-refractivity contribution is -0.139. The van der Waals surface area contributed by atoms with Crippen molar-refractivity contribution in [1.29, 1.82) is 0 Å². The molecule has 1 N–H and O–H groups in total. The SMILES string of the molecule is CC(C(=O)NC1CCCC1)N(Cc1ccccc1Cl)C(=O)CN(c1cccc(Cl)c1)S(=O)(=O)c1ccc(Cl)cc1. The fourth-order valence-electron chi connectivity index (χ4n) is 4.68. The Morgan fingerprint density at radius 2 is 1.60 bits per heavy atom. The van der Waals surface area contributed by atoms with Gasteiger partial charge in [-0.15, -0.1) is 0 Å². The van der Waals surface area contributed by atoms with Crippen molar-refractivity contribution in [3.05, 3.63) is 93.4 Å². The monoisotopic (exact) mass is 621 g/mol. The van der Waals surface area contributed by atoms with E-state index in [0.717, 1.165) is 30.0 Å². The molecule has 212 valence electrons. The number of carbonyl (C=O) groups excluding carboxylic acids is 2. The van der Waals surface area contributed by atoms with E-state index in [1.54, 1.807) is 49.4 Å². The lowest BCUT2D eigenvalue weighted by Gasteiger charge is -2.32. The fourth-order valence-corrected chi connectivity index (χ4v) is 6.59. The van der Waals surface area contributed by atoms with E-state index in [-0.39, 0.29) is 29.1 Å². The van der Waals surface area contributed by atoms with Crippen LogP contribution in [0.3, 0.4) is 0 Å². The lowest BCUT2D eigenvalue weighted by atomic mass is 10.1. The second kappa shape index (κ2) is 13.3. The zero-order chi connectivity index (χ0) is 28.9. The van der Waals surface area contributed by atoms with Crippen LogP contribution in [0.2, 0.25) is 15.1 Å². The molecule has 0 heterocycles. The smallest absolute Gasteiger partial charge is 0.264 e. The maximum Gasteiger partial charge on any atom is 0.264 e. The molecule has 0 radical (unpaired) electrons. The molecular weight excluding hydrogens is 593 g/mol. The van der Waals surface area contributed by atoms with Gasteiger partial charge < -0.3 is 10.2 Å². The Hall–Kier alpha value is -2.78. The first-order valence-corrected chi connectivity index (χ1v) is 15.5. The Kier molecular flexibility index (Phi) is 10.0. The van der Waals surface area contributed by atoms with Crippen molar-refractivity contribution in [2.45, 2.75) is 56.1 Å². The highest BCUT2D eigenvalue weighted by molar-refractivity contribution is 7.92. The average Bonchev–Trinajstić information content (AvgIpc) is 3.44. The summed E-state index contributed by atoms with van der Waals surface area (Å²) in [7, 11) is -4.22. The van der Waals surface area contributed by atoms with Crippen LogP contribution in [0, 0.1) is 0 Å². The van der Waals surface area contributed by atoms with Gasteiger partial charge in [-0.25, -0.2) is 8.42 Å². The predicted octanol–water partition coefficient (Wildman–Crippen LogP) is 6.32. The van der Waals surface area contributed by atoms with E-state index in [0.29, 0.717) is 20.6 Å². The summed E-state index contributed by atoms with van der Waals surface area (Å²) in [6.45, 7) is 1.08. The van der Waals surface area contributed by atoms with E-state index in [1.165, 1.54) is 35.2 Å². The van der Waals surface area contributed by atoms with Crippen LogP contribution in [-0.2, 0) is 26.2 Å². The van der Waals surface area contributed by atoms with Crippen molar-refractivity contribution in [1.82, 2.24) is 10.2 Å². The highest BCUT2D eigenvalue weighted by Gasteiger charge is 2.33. The first-order chi connectivity index (χ1) is 19.1. The topological polar surface area (TPSA) is 86.8 Å². The molecule has 4 rings (SSSR count). The summed E-state index contributed by atoms with van der Waals surface area (Å²) in [6.07, 6.45) is 3.86. The zero-order valence-electron chi connectivity index (χ0n) is 21.9. The average molecular weight is 623 g/mol. The number of amides is 2. The van der Waals surface area contributed by atoms with E-state index in [1.807, 2.05) is 0 Å². The van der Waals surface area contributed by atoms with Gasteiger partial charge in [0.2, 0.25) is 11.8 Å². The molecule has 40 heavy (non-hydrogen) atoms. The van der Waals surface area contributed by atoms with Crippen molar-refractivity contribution in [2.75, 3.05) is 10.8 Å². The van der Waals surface area contributed by atoms with Gasteiger partial charge in [0, 0.05) is 27.7 Å². The van der Waals surface area contributed by atoms with E-state index in [4.69, 9.17) is 34.8 Å². The van der Waals surface area contributed by atoms with Gasteiger partial charge in [0.05, 0.1) is 10.6 Å². The molecule has 1 aliphatic carbocycles. The lowest BCUT2D eigenvalue weighted by Crippen LogP contribution is -2.52. The van der Waals surface area contributed by atoms with Crippen LogP contribution in [0.25, 0.3) is 0 Å². The number of halogens is 3. The van der Waals surface area contributed by atoms with Crippen molar-refractivity contribution in [2.24, 2.45) is 0 Å². The quantitative estimate of drug-likeness (QED) is 0.287. The third kappa shape index (κ3) is 7.29. The molecule has 0 saturated heterocycles. The molecule has 1 aliphatic rings. The second-order valence-electron chi connectivity index (χ2n) is 9.72. The summed E-state index contributed by atoms with van der Waals surface area (Å²) < 4.78 is 28.6. The molecule has 2 amide bonds. The molecule has 0 aromatic heterocycles. The Morgan fingerprint density at radius 1 is 0.925 bits per heavy atom. The van der Waals surface area contributed by atoms with E-state index >= 15 is 0 Å². The normalized spacial score (nSPS) is 14.5. The fraction of sp³-hybridized carbons (Fsp3) is 0.310. The largest absolute Gasteiger partial charge is 0.352 e. The Bertz CT molecular complexity index is 1460. The highest BCUT2D eigenvalue weighted by Crippen LogP contribution is 2.28. The third-order valence-electron chi connectivity index (χ3n) is 6.94. The number of benzene rings is 3. The maximum absolute atomic E-state index is 14.0. The van der Waals surface area contributed by atoms with Crippen LogP contribution < -0.4 is 9.62 Å². The van der Waals surface area contributed by atoms with Gasteiger partial charge in [0.1, 0.15) is 12.6 Å². The minimum absolute atomic E-state index is 0.0160. The minimum Gasteiger partial charge on any atom is -0.352 e. The van der Waals surface area contributed by atoms with Gasteiger partial charge in [-0.05, 0) is 73.9 Å². The Labute approximate surface area is 250 Å². The summed E-state index contributed by atoms with van der Waals surface area (Å²) >= 11 is 18.6. The molecule has 0 aliphatic heterocycles. The molecule has 3 aromatic carbocycles. The summed E-state index contributed by atoms with van der Waals surface area (Å²) in [5, 5.41) is 4.15. The molecule has 11 heteroatoms. The second-order valence-corrected chi connectivity index (χ2v) is 12.9. The molecule has 7 nitrogen and oxygen atoms in total. The van der Waals surface area contributed by atoms with Gasteiger partial charge in [0.25, 0.3) is 10.0 Å². The van der Waals surface area contributed by atoms with Crippen LogP contribution in [0.15, 0.2) is 77.7 Å². The number of anilines is 1. The molecular formula is C29H30Cl3N3O4S. The maximum atomic E-state index is 14.0. The summed E-state index contributed by atoms with van der Waals surface area (Å²) in [6, 6.07) is 18.1. The van der Waals surface area contributed by atoms with Crippen molar-refractivity contribution < 1.29 is 18.0 Å². The first kappa shape index (κ1) is 30.2. The highest BCUT2D eigenvalue weighted by atomic mass is 35.5. The standard InChI is InChI=1S/C29H30Cl3N3O4S/c1-20(29(37)33-24-9-3-4-10-24)34(18-21-7-2-5-12-27(21)32)28(36)19-35(25-11-6-8-23(31)17-25)40(38,39)26-15-13-22(30)14-16-26/h2,5-8,11-17,20,24H,3-4,9-10,18-19H2,1H3,(H,33,37). The molecule has 1 fully saturated rings. The number of sulfonamides is 1. The number of nitrogens with zero attached hydrogens (tertiary/aromatic N) is 2. The summed E-state index contributed by atoms with van der Waals surface area (Å²) in [5.74, 6) is -0.881. The number of rotatable bonds is 10. The number of hydrogen-bond acceptors (Lipinski definition) is 4. The van der Waals surface area contributed by atoms with Crippen molar-refractivity contribution >= 4 is 62.3 Å². The van der Waals surface area contributed by atoms with E-state index < -0.39 is 28.5 Å². The molecule has 1 unspecified atom stereocenters. The van der Waals surface area contributed by atoms with E-state index in [2.05, 4.69) is 5.32 Å². The molecule has 1 atom stereocenters.